The van der Waals surface area contributed by atoms with E-state index in [1.165, 1.54) is 29.1 Å². The van der Waals surface area contributed by atoms with Crippen molar-refractivity contribution in [1.82, 2.24) is 20.1 Å². The molecule has 30 heavy (non-hydrogen) atoms. The third kappa shape index (κ3) is 4.58. The summed E-state index contributed by atoms with van der Waals surface area (Å²) in [5.41, 5.74) is 0.930. The van der Waals surface area contributed by atoms with Crippen LogP contribution in [0.15, 0.2) is 49.2 Å². The molecule has 0 aliphatic rings. The zero-order valence-electron chi connectivity index (χ0n) is 15.6. The summed E-state index contributed by atoms with van der Waals surface area (Å²) < 4.78 is 42.3. The summed E-state index contributed by atoms with van der Waals surface area (Å²) in [5.74, 6) is -3.10. The van der Waals surface area contributed by atoms with E-state index < -0.39 is 23.8 Å². The number of aliphatic hydroxyl groups is 2. The van der Waals surface area contributed by atoms with Gasteiger partial charge in [0.05, 0.1) is 23.3 Å². The van der Waals surface area contributed by atoms with Crippen LogP contribution >= 0.6 is 0 Å². The van der Waals surface area contributed by atoms with Crippen molar-refractivity contribution >= 4 is 16.9 Å². The first kappa shape index (κ1) is 21.3. The number of fused-ring (bicyclic) bond motifs is 1. The van der Waals surface area contributed by atoms with Gasteiger partial charge in [0.25, 0.3) is 0 Å². The van der Waals surface area contributed by atoms with Gasteiger partial charge in [-0.05, 0) is 43.3 Å². The topological polar surface area (TPSA) is 110 Å². The number of amides is 1. The fourth-order valence-corrected chi connectivity index (χ4v) is 2.84. The smallest absolute Gasteiger partial charge is 0.406 e. The third-order valence-corrected chi connectivity index (χ3v) is 4.08. The molecule has 0 unspecified atom stereocenters. The van der Waals surface area contributed by atoms with Gasteiger partial charge in [0.1, 0.15) is 5.75 Å². The lowest BCUT2D eigenvalue weighted by molar-refractivity contribution is -0.274. The van der Waals surface area contributed by atoms with Gasteiger partial charge in [0.2, 0.25) is 5.91 Å². The molecule has 0 saturated carbocycles. The second kappa shape index (κ2) is 7.76. The van der Waals surface area contributed by atoms with Crippen molar-refractivity contribution in [2.45, 2.75) is 25.6 Å². The lowest BCUT2D eigenvalue weighted by Gasteiger charge is -2.17. The molecule has 1 amide bonds. The highest BCUT2D eigenvalue weighted by atomic mass is 19.4. The average Bonchev–Trinajstić information content (AvgIpc) is 3.03. The SMILES string of the molecule is C=CC(=O)NCc1nn(-c2ccc(OC(F)(F)F)cc2)c2nccc(C(C)(O)O)c12. The molecule has 3 aromatic rings. The molecule has 0 radical (unpaired) electrons. The lowest BCUT2D eigenvalue weighted by Crippen LogP contribution is -2.22. The summed E-state index contributed by atoms with van der Waals surface area (Å²) in [4.78, 5) is 15.8. The molecule has 0 aliphatic carbocycles. The first-order valence-electron chi connectivity index (χ1n) is 8.58. The van der Waals surface area contributed by atoms with Crippen LogP contribution in [-0.2, 0) is 17.1 Å². The number of alkyl halides is 3. The van der Waals surface area contributed by atoms with Gasteiger partial charge < -0.3 is 20.3 Å². The van der Waals surface area contributed by atoms with Crippen LogP contribution in [0, 0.1) is 0 Å². The Balaban J connectivity index is 2.11. The summed E-state index contributed by atoms with van der Waals surface area (Å²) >= 11 is 0. The number of carbonyl (C=O) groups is 1. The highest BCUT2D eigenvalue weighted by Gasteiger charge is 2.31. The fourth-order valence-electron chi connectivity index (χ4n) is 2.84. The zero-order chi connectivity index (χ0) is 22.1. The largest absolute Gasteiger partial charge is 0.573 e. The number of nitrogens with one attached hydrogen (secondary N) is 1. The van der Waals surface area contributed by atoms with Crippen LogP contribution in [0.2, 0.25) is 0 Å². The van der Waals surface area contributed by atoms with E-state index in [0.717, 1.165) is 25.1 Å². The van der Waals surface area contributed by atoms with Gasteiger partial charge in [0.15, 0.2) is 11.4 Å². The molecule has 2 heterocycles. The van der Waals surface area contributed by atoms with Gasteiger partial charge in [-0.1, -0.05) is 6.58 Å². The van der Waals surface area contributed by atoms with Gasteiger partial charge in [-0.15, -0.1) is 13.2 Å². The van der Waals surface area contributed by atoms with E-state index >= 15 is 0 Å². The number of aromatic nitrogens is 3. The number of carbonyl (C=O) groups excluding carboxylic acids is 1. The van der Waals surface area contributed by atoms with Gasteiger partial charge in [-0.3, -0.25) is 4.79 Å². The molecule has 8 nitrogen and oxygen atoms in total. The van der Waals surface area contributed by atoms with Gasteiger partial charge in [-0.2, -0.15) is 5.10 Å². The fraction of sp³-hybridized carbons (Fsp3) is 0.211. The maximum atomic E-state index is 12.4. The number of pyridine rings is 1. The van der Waals surface area contributed by atoms with Gasteiger partial charge in [-0.25, -0.2) is 9.67 Å². The monoisotopic (exact) mass is 422 g/mol. The Labute approximate surface area is 168 Å². The van der Waals surface area contributed by atoms with E-state index in [1.807, 2.05) is 0 Å². The lowest BCUT2D eigenvalue weighted by atomic mass is 10.0. The first-order chi connectivity index (χ1) is 14.0. The van der Waals surface area contributed by atoms with Crippen molar-refractivity contribution < 1.29 is 32.9 Å². The van der Waals surface area contributed by atoms with Crippen molar-refractivity contribution in [3.63, 3.8) is 0 Å². The minimum atomic E-state index is -4.82. The summed E-state index contributed by atoms with van der Waals surface area (Å²) in [6.07, 6.45) is -2.41. The van der Waals surface area contributed by atoms with Crippen molar-refractivity contribution in [1.29, 1.82) is 0 Å². The predicted octanol–water partition coefficient (Wildman–Crippen LogP) is 2.28. The highest BCUT2D eigenvalue weighted by Crippen LogP contribution is 2.31. The molecule has 11 heteroatoms. The summed E-state index contributed by atoms with van der Waals surface area (Å²) in [7, 11) is 0. The number of halogens is 3. The Morgan fingerprint density at radius 2 is 1.93 bits per heavy atom. The number of nitrogens with zero attached hydrogens (tertiary/aromatic N) is 3. The average molecular weight is 422 g/mol. The van der Waals surface area contributed by atoms with Crippen molar-refractivity contribution in [2.75, 3.05) is 0 Å². The molecule has 0 atom stereocenters. The van der Waals surface area contributed by atoms with E-state index in [2.05, 4.69) is 26.7 Å². The predicted molar refractivity (Wildman–Crippen MR) is 99.4 cm³/mol. The molecule has 2 aromatic heterocycles. The molecule has 0 spiro atoms. The summed E-state index contributed by atoms with van der Waals surface area (Å²) in [5, 5.41) is 27.4. The minimum absolute atomic E-state index is 0.0710. The van der Waals surface area contributed by atoms with Gasteiger partial charge in [0, 0.05) is 11.8 Å². The molecule has 0 fully saturated rings. The Bertz CT molecular complexity index is 1090. The number of ether oxygens (including phenoxy) is 1. The molecule has 1 aromatic carbocycles. The van der Waals surface area contributed by atoms with E-state index in [-0.39, 0.29) is 28.8 Å². The van der Waals surface area contributed by atoms with Crippen LogP contribution in [-0.4, -0.2) is 37.2 Å². The van der Waals surface area contributed by atoms with Crippen molar-refractivity contribution in [3.8, 4) is 11.4 Å². The maximum Gasteiger partial charge on any atom is 0.573 e. The Kier molecular flexibility index (Phi) is 5.51. The van der Waals surface area contributed by atoms with Crippen molar-refractivity contribution in [3.05, 3.63) is 60.4 Å². The van der Waals surface area contributed by atoms with E-state index in [1.54, 1.807) is 0 Å². The van der Waals surface area contributed by atoms with Crippen LogP contribution in [0.4, 0.5) is 13.2 Å². The molecule has 0 aliphatic heterocycles. The Morgan fingerprint density at radius 1 is 1.27 bits per heavy atom. The number of benzene rings is 1. The van der Waals surface area contributed by atoms with Crippen molar-refractivity contribution in [2.24, 2.45) is 0 Å². The molecule has 158 valence electrons. The Hall–Kier alpha value is -3.44. The van der Waals surface area contributed by atoms with Crippen LogP contribution in [0.1, 0.15) is 18.2 Å². The molecular formula is C19H17F3N4O4. The second-order valence-corrected chi connectivity index (χ2v) is 6.40. The Morgan fingerprint density at radius 3 is 2.50 bits per heavy atom. The summed E-state index contributed by atoms with van der Waals surface area (Å²) in [6.45, 7) is 4.45. The van der Waals surface area contributed by atoms with E-state index in [9.17, 15) is 28.2 Å². The number of hydrogen-bond acceptors (Lipinski definition) is 6. The maximum absolute atomic E-state index is 12.4. The second-order valence-electron chi connectivity index (χ2n) is 6.40. The van der Waals surface area contributed by atoms with Crippen LogP contribution in [0.3, 0.4) is 0 Å². The van der Waals surface area contributed by atoms with Gasteiger partial charge >= 0.3 is 6.36 Å². The third-order valence-electron chi connectivity index (χ3n) is 4.08. The number of rotatable bonds is 6. The van der Waals surface area contributed by atoms with Crippen LogP contribution in [0.25, 0.3) is 16.7 Å². The summed E-state index contributed by atoms with van der Waals surface area (Å²) in [6, 6.07) is 6.30. The van der Waals surface area contributed by atoms with E-state index in [4.69, 9.17) is 0 Å². The molecular weight excluding hydrogens is 405 g/mol. The quantitative estimate of drug-likeness (QED) is 0.415. The highest BCUT2D eigenvalue weighted by molar-refractivity contribution is 5.88. The molecule has 3 rings (SSSR count). The normalized spacial score (nSPS) is 12.1. The molecule has 0 bridgehead atoms. The molecule has 0 saturated heterocycles. The molecule has 3 N–H and O–H groups in total. The zero-order valence-corrected chi connectivity index (χ0v) is 15.6. The van der Waals surface area contributed by atoms with E-state index in [0.29, 0.717) is 5.69 Å². The minimum Gasteiger partial charge on any atom is -0.406 e. The standard InChI is InChI=1S/C19H17F3N4O4/c1-3-15(27)24-10-14-16-13(18(2,28)29)8-9-23-17(16)26(25-14)11-4-6-12(7-5-11)30-19(20,21)22/h3-9,28-29H,1,10H2,2H3,(H,24,27). The van der Waals surface area contributed by atoms with Crippen LogP contribution < -0.4 is 10.1 Å². The first-order valence-corrected chi connectivity index (χ1v) is 8.58. The number of hydrogen-bond donors (Lipinski definition) is 3. The van der Waals surface area contributed by atoms with Crippen LogP contribution in [0.5, 0.6) is 5.75 Å².